The summed E-state index contributed by atoms with van der Waals surface area (Å²) in [4.78, 5) is 11.7. The molecule has 1 aromatic rings. The van der Waals surface area contributed by atoms with E-state index in [2.05, 4.69) is 10.6 Å². The van der Waals surface area contributed by atoms with Gasteiger partial charge in [-0.2, -0.15) is 5.26 Å². The number of esters is 1. The van der Waals surface area contributed by atoms with Crippen molar-refractivity contribution in [3.05, 3.63) is 41.2 Å². The van der Waals surface area contributed by atoms with E-state index in [1.54, 1.807) is 6.92 Å². The molecule has 0 radical (unpaired) electrons. The summed E-state index contributed by atoms with van der Waals surface area (Å²) in [7, 11) is 0. The van der Waals surface area contributed by atoms with Crippen LogP contribution in [0.25, 0.3) is 0 Å². The lowest BCUT2D eigenvalue weighted by molar-refractivity contribution is -0.138. The van der Waals surface area contributed by atoms with E-state index < -0.39 is 5.97 Å². The molecule has 0 aliphatic carbocycles. The molecule has 1 heterocycles. The summed E-state index contributed by atoms with van der Waals surface area (Å²) in [6.45, 7) is 2.61. The molecule has 2 rings (SSSR count). The second kappa shape index (κ2) is 5.91. The molecule has 0 bridgehead atoms. The third-order valence-corrected chi connectivity index (χ3v) is 2.81. The lowest BCUT2D eigenvalue weighted by Gasteiger charge is -2.12. The number of ether oxygens (including phenoxy) is 1. The van der Waals surface area contributed by atoms with Crippen molar-refractivity contribution in [3.8, 4) is 6.07 Å². The number of rotatable bonds is 2. The average Bonchev–Trinajstić information content (AvgIpc) is 2.62. The predicted octanol–water partition coefficient (Wildman–Crippen LogP) is 1.54. The van der Waals surface area contributed by atoms with E-state index in [1.807, 2.05) is 30.3 Å². The van der Waals surface area contributed by atoms with Crippen molar-refractivity contribution < 1.29 is 9.53 Å². The zero-order chi connectivity index (χ0) is 13.7. The second-order valence-electron chi connectivity index (χ2n) is 4.04. The van der Waals surface area contributed by atoms with Gasteiger partial charge in [-0.25, -0.2) is 4.79 Å². The smallest absolute Gasteiger partial charge is 0.352 e. The highest BCUT2D eigenvalue weighted by Crippen LogP contribution is 2.20. The molecule has 0 atom stereocenters. The van der Waals surface area contributed by atoms with Gasteiger partial charge in [0.1, 0.15) is 11.9 Å². The van der Waals surface area contributed by atoms with Crippen LogP contribution in [0.2, 0.25) is 0 Å². The fourth-order valence-electron chi connectivity index (χ4n) is 1.92. The molecule has 1 aromatic carbocycles. The van der Waals surface area contributed by atoms with Crippen molar-refractivity contribution in [3.63, 3.8) is 0 Å². The summed E-state index contributed by atoms with van der Waals surface area (Å²) in [5, 5.41) is 15.3. The number of hydrogen-bond acceptors (Lipinski definition) is 5. The number of nitrogens with one attached hydrogen (secondary N) is 2. The molecule has 0 amide bonds. The minimum absolute atomic E-state index is 0.0291. The van der Waals surface area contributed by atoms with Gasteiger partial charge in [0.2, 0.25) is 0 Å². The van der Waals surface area contributed by atoms with Crippen LogP contribution >= 0.6 is 0 Å². The Morgan fingerprint density at radius 3 is 3.00 bits per heavy atom. The summed E-state index contributed by atoms with van der Waals surface area (Å²) in [5.41, 5.74) is 2.02. The van der Waals surface area contributed by atoms with E-state index in [9.17, 15) is 4.79 Å². The van der Waals surface area contributed by atoms with Gasteiger partial charge in [-0.1, -0.05) is 18.2 Å². The molecule has 1 aliphatic rings. The SMILES string of the molecule is CCOC(=O)/C(C#N)=C1\NCCc2ccccc2N1. The van der Waals surface area contributed by atoms with E-state index >= 15 is 0 Å². The van der Waals surface area contributed by atoms with Crippen LogP contribution in [0.3, 0.4) is 0 Å². The topological polar surface area (TPSA) is 74.2 Å². The summed E-state index contributed by atoms with van der Waals surface area (Å²) in [6, 6.07) is 9.70. The Labute approximate surface area is 111 Å². The van der Waals surface area contributed by atoms with Crippen LogP contribution in [-0.4, -0.2) is 19.1 Å². The van der Waals surface area contributed by atoms with Crippen LogP contribution in [0.5, 0.6) is 0 Å². The number of fused-ring (bicyclic) bond motifs is 1. The van der Waals surface area contributed by atoms with Crippen LogP contribution in [-0.2, 0) is 16.0 Å². The van der Waals surface area contributed by atoms with Crippen molar-refractivity contribution >= 4 is 11.7 Å². The third-order valence-electron chi connectivity index (χ3n) is 2.81. The fraction of sp³-hybridized carbons (Fsp3) is 0.286. The normalized spacial score (nSPS) is 16.0. The Bertz CT molecular complexity index is 558. The van der Waals surface area contributed by atoms with Crippen molar-refractivity contribution in [1.29, 1.82) is 5.26 Å². The van der Waals surface area contributed by atoms with Crippen LogP contribution < -0.4 is 10.6 Å². The number of hydrogen-bond donors (Lipinski definition) is 2. The summed E-state index contributed by atoms with van der Waals surface area (Å²) in [5.74, 6) is -0.203. The minimum atomic E-state index is -0.612. The molecular weight excluding hydrogens is 242 g/mol. The number of carbonyl (C=O) groups excluding carboxylic acids is 1. The molecule has 1 aliphatic heterocycles. The van der Waals surface area contributed by atoms with Crippen molar-refractivity contribution in [1.82, 2.24) is 5.32 Å². The highest BCUT2D eigenvalue weighted by atomic mass is 16.5. The molecule has 2 N–H and O–H groups in total. The van der Waals surface area contributed by atoms with Gasteiger partial charge >= 0.3 is 5.97 Å². The first-order valence-electron chi connectivity index (χ1n) is 6.16. The van der Waals surface area contributed by atoms with E-state index in [-0.39, 0.29) is 12.2 Å². The first-order chi connectivity index (χ1) is 9.26. The van der Waals surface area contributed by atoms with Gasteiger partial charge in [-0.3, -0.25) is 0 Å². The average molecular weight is 257 g/mol. The van der Waals surface area contributed by atoms with Gasteiger partial charge < -0.3 is 15.4 Å². The maximum absolute atomic E-state index is 11.7. The van der Waals surface area contributed by atoms with E-state index in [1.165, 1.54) is 0 Å². The van der Waals surface area contributed by atoms with Gasteiger partial charge in [-0.15, -0.1) is 0 Å². The zero-order valence-corrected chi connectivity index (χ0v) is 10.7. The lowest BCUT2D eigenvalue weighted by atomic mass is 10.1. The number of nitrogens with zero attached hydrogens (tertiary/aromatic N) is 1. The molecule has 0 fully saturated rings. The van der Waals surface area contributed by atoms with E-state index in [0.29, 0.717) is 12.4 Å². The predicted molar refractivity (Wildman–Crippen MR) is 71.0 cm³/mol. The number of nitriles is 1. The molecule has 0 unspecified atom stereocenters. The van der Waals surface area contributed by atoms with Gasteiger partial charge in [-0.05, 0) is 25.0 Å². The molecule has 0 spiro atoms. The Morgan fingerprint density at radius 2 is 2.26 bits per heavy atom. The Kier molecular flexibility index (Phi) is 4.04. The zero-order valence-electron chi connectivity index (χ0n) is 10.7. The summed E-state index contributed by atoms with van der Waals surface area (Å²) >= 11 is 0. The molecule has 98 valence electrons. The van der Waals surface area contributed by atoms with E-state index in [0.717, 1.165) is 17.7 Å². The quantitative estimate of drug-likeness (QED) is 0.477. The Hall–Kier alpha value is -2.48. The summed E-state index contributed by atoms with van der Waals surface area (Å²) < 4.78 is 4.88. The maximum atomic E-state index is 11.7. The van der Waals surface area contributed by atoms with Crippen molar-refractivity contribution in [2.24, 2.45) is 0 Å². The summed E-state index contributed by atoms with van der Waals surface area (Å²) in [6.07, 6.45) is 0.828. The first kappa shape index (κ1) is 13.0. The monoisotopic (exact) mass is 257 g/mol. The van der Waals surface area contributed by atoms with Crippen molar-refractivity contribution in [2.45, 2.75) is 13.3 Å². The number of para-hydroxylation sites is 1. The largest absolute Gasteiger partial charge is 0.462 e. The fourth-order valence-corrected chi connectivity index (χ4v) is 1.92. The molecule has 19 heavy (non-hydrogen) atoms. The maximum Gasteiger partial charge on any atom is 0.352 e. The van der Waals surface area contributed by atoms with Gasteiger partial charge in [0.15, 0.2) is 5.57 Å². The molecular formula is C14H15N3O2. The molecule has 0 saturated heterocycles. The highest BCUT2D eigenvalue weighted by Gasteiger charge is 2.19. The highest BCUT2D eigenvalue weighted by molar-refractivity contribution is 5.94. The molecule has 0 aromatic heterocycles. The molecule has 5 nitrogen and oxygen atoms in total. The lowest BCUT2D eigenvalue weighted by Crippen LogP contribution is -2.24. The number of benzene rings is 1. The Balaban J connectivity index is 2.35. The second-order valence-corrected chi connectivity index (χ2v) is 4.04. The van der Waals surface area contributed by atoms with Gasteiger partial charge in [0, 0.05) is 12.2 Å². The van der Waals surface area contributed by atoms with Crippen LogP contribution in [0.1, 0.15) is 12.5 Å². The van der Waals surface area contributed by atoms with Crippen LogP contribution in [0.15, 0.2) is 35.7 Å². The molecule has 5 heteroatoms. The number of carbonyl (C=O) groups is 1. The first-order valence-corrected chi connectivity index (χ1v) is 6.16. The third kappa shape index (κ3) is 2.86. The minimum Gasteiger partial charge on any atom is -0.462 e. The standard InChI is InChI=1S/C14H15N3O2/c1-2-19-14(18)11(9-15)13-16-8-7-10-5-3-4-6-12(10)17-13/h3-6,16-17H,2,7-8H2,1H3/b13-11+. The number of anilines is 1. The van der Waals surface area contributed by atoms with Crippen LogP contribution in [0.4, 0.5) is 5.69 Å². The van der Waals surface area contributed by atoms with E-state index in [4.69, 9.17) is 10.00 Å². The Morgan fingerprint density at radius 1 is 1.47 bits per heavy atom. The molecule has 0 saturated carbocycles. The van der Waals surface area contributed by atoms with Gasteiger partial charge in [0.05, 0.1) is 6.61 Å². The van der Waals surface area contributed by atoms with Gasteiger partial charge in [0.25, 0.3) is 0 Å². The van der Waals surface area contributed by atoms with Crippen LogP contribution in [0, 0.1) is 11.3 Å². The van der Waals surface area contributed by atoms with Crippen molar-refractivity contribution in [2.75, 3.05) is 18.5 Å².